The van der Waals surface area contributed by atoms with Crippen molar-refractivity contribution in [2.45, 2.75) is 19.3 Å². The number of carbonyl (C=O) groups excluding carboxylic acids is 1. The number of hydrogen-bond donors (Lipinski definition) is 0. The van der Waals surface area contributed by atoms with Crippen LogP contribution in [0.4, 0.5) is 0 Å². The molecule has 0 saturated heterocycles. The molecule has 0 N–H and O–H groups in total. The molecule has 0 bridgehead atoms. The number of nitrogens with zero attached hydrogens (tertiary/aromatic N) is 1. The minimum atomic E-state index is -0.604. The van der Waals surface area contributed by atoms with Gasteiger partial charge in [0.25, 0.3) is 0 Å². The Balaban J connectivity index is 0.00000264. The predicted octanol–water partition coefficient (Wildman–Crippen LogP) is 4.34. The standard InChI is InChI=1S/C20H25NO.BrH/c1-16(15-21(3)4)20(17(2)22,18-11-7-5-8-12-18)19-13-9-6-10-14-19;/h5-14,16H,15H2,1-4H3;1H. The van der Waals surface area contributed by atoms with Crippen molar-refractivity contribution in [1.29, 1.82) is 0 Å². The van der Waals surface area contributed by atoms with Crippen LogP contribution in [-0.2, 0) is 10.2 Å². The van der Waals surface area contributed by atoms with E-state index in [0.29, 0.717) is 0 Å². The highest BCUT2D eigenvalue weighted by atomic mass is 79.9. The number of halogens is 1. The summed E-state index contributed by atoms with van der Waals surface area (Å²) in [6.45, 7) is 4.73. The monoisotopic (exact) mass is 375 g/mol. The summed E-state index contributed by atoms with van der Waals surface area (Å²) in [7, 11) is 4.11. The van der Waals surface area contributed by atoms with Gasteiger partial charge in [-0.3, -0.25) is 4.79 Å². The van der Waals surface area contributed by atoms with Crippen LogP contribution in [0.5, 0.6) is 0 Å². The van der Waals surface area contributed by atoms with E-state index in [9.17, 15) is 4.79 Å². The third-order valence-corrected chi connectivity index (χ3v) is 4.39. The van der Waals surface area contributed by atoms with Crippen LogP contribution in [0.15, 0.2) is 60.7 Å². The molecule has 0 aliphatic heterocycles. The molecule has 2 rings (SSSR count). The first-order valence-corrected chi connectivity index (χ1v) is 7.76. The molecule has 2 aromatic carbocycles. The second-order valence-corrected chi connectivity index (χ2v) is 6.26. The summed E-state index contributed by atoms with van der Waals surface area (Å²) >= 11 is 0. The third kappa shape index (κ3) is 3.91. The Morgan fingerprint density at radius 1 is 0.957 bits per heavy atom. The molecule has 23 heavy (non-hydrogen) atoms. The average molecular weight is 376 g/mol. The summed E-state index contributed by atoms with van der Waals surface area (Å²) in [6, 6.07) is 20.3. The van der Waals surface area contributed by atoms with E-state index in [4.69, 9.17) is 0 Å². The van der Waals surface area contributed by atoms with Crippen LogP contribution >= 0.6 is 17.0 Å². The normalized spacial score (nSPS) is 12.6. The van der Waals surface area contributed by atoms with Crippen molar-refractivity contribution in [1.82, 2.24) is 4.90 Å². The topological polar surface area (TPSA) is 20.3 Å². The first-order chi connectivity index (χ1) is 10.5. The van der Waals surface area contributed by atoms with Crippen LogP contribution in [0.1, 0.15) is 25.0 Å². The van der Waals surface area contributed by atoms with Crippen molar-refractivity contribution in [3.63, 3.8) is 0 Å². The predicted molar refractivity (Wildman–Crippen MR) is 102 cm³/mol. The third-order valence-electron chi connectivity index (χ3n) is 4.39. The minimum Gasteiger partial charge on any atom is -0.309 e. The van der Waals surface area contributed by atoms with Crippen molar-refractivity contribution >= 4 is 22.8 Å². The van der Waals surface area contributed by atoms with Gasteiger partial charge in [-0.2, -0.15) is 0 Å². The van der Waals surface area contributed by atoms with Crippen molar-refractivity contribution in [3.05, 3.63) is 71.8 Å². The lowest BCUT2D eigenvalue weighted by atomic mass is 9.64. The Morgan fingerprint density at radius 2 is 1.35 bits per heavy atom. The summed E-state index contributed by atoms with van der Waals surface area (Å²) in [5.41, 5.74) is 1.54. The molecule has 0 aromatic heterocycles. The van der Waals surface area contributed by atoms with E-state index >= 15 is 0 Å². The van der Waals surface area contributed by atoms with Gasteiger partial charge in [0.15, 0.2) is 0 Å². The van der Waals surface area contributed by atoms with Gasteiger partial charge in [-0.15, -0.1) is 17.0 Å². The quantitative estimate of drug-likeness (QED) is 0.748. The smallest absolute Gasteiger partial charge is 0.145 e. The van der Waals surface area contributed by atoms with Gasteiger partial charge in [-0.05, 0) is 38.1 Å². The van der Waals surface area contributed by atoms with Crippen molar-refractivity contribution in [3.8, 4) is 0 Å². The lowest BCUT2D eigenvalue weighted by Gasteiger charge is -2.39. The Hall–Kier alpha value is -1.45. The molecule has 2 aromatic rings. The molecule has 1 unspecified atom stereocenters. The Labute approximate surface area is 150 Å². The van der Waals surface area contributed by atoms with E-state index in [1.165, 1.54) is 0 Å². The van der Waals surface area contributed by atoms with Crippen LogP contribution in [0.2, 0.25) is 0 Å². The molecule has 1 atom stereocenters. The fourth-order valence-electron chi connectivity index (χ4n) is 3.58. The average Bonchev–Trinajstić information content (AvgIpc) is 2.49. The van der Waals surface area contributed by atoms with E-state index in [1.54, 1.807) is 6.92 Å². The van der Waals surface area contributed by atoms with E-state index in [-0.39, 0.29) is 28.7 Å². The highest BCUT2D eigenvalue weighted by molar-refractivity contribution is 8.93. The largest absolute Gasteiger partial charge is 0.309 e. The van der Waals surface area contributed by atoms with Crippen LogP contribution in [0.25, 0.3) is 0 Å². The maximum atomic E-state index is 12.9. The van der Waals surface area contributed by atoms with E-state index in [2.05, 4.69) is 50.2 Å². The zero-order valence-corrected chi connectivity index (χ0v) is 16.0. The second kappa shape index (κ2) is 8.42. The first-order valence-electron chi connectivity index (χ1n) is 7.76. The molecule has 0 spiro atoms. The van der Waals surface area contributed by atoms with Crippen LogP contribution in [-0.4, -0.2) is 31.3 Å². The van der Waals surface area contributed by atoms with E-state index < -0.39 is 5.41 Å². The van der Waals surface area contributed by atoms with Crippen molar-refractivity contribution < 1.29 is 4.79 Å². The maximum Gasteiger partial charge on any atom is 0.145 e. The lowest BCUT2D eigenvalue weighted by Crippen LogP contribution is -2.45. The minimum absolute atomic E-state index is 0. The zero-order chi connectivity index (χ0) is 16.2. The molecule has 0 heterocycles. The van der Waals surface area contributed by atoms with Gasteiger partial charge < -0.3 is 4.90 Å². The SMILES string of the molecule is Br.CC(=O)C(c1ccccc1)(c1ccccc1)C(C)CN(C)C. The molecule has 2 nitrogen and oxygen atoms in total. The van der Waals surface area contributed by atoms with Gasteiger partial charge in [0.2, 0.25) is 0 Å². The molecule has 124 valence electrons. The molecular weight excluding hydrogens is 350 g/mol. The molecule has 3 heteroatoms. The molecule has 0 saturated carbocycles. The van der Waals surface area contributed by atoms with Crippen LogP contribution in [0, 0.1) is 5.92 Å². The van der Waals surface area contributed by atoms with Gasteiger partial charge in [0, 0.05) is 6.54 Å². The van der Waals surface area contributed by atoms with Crippen LogP contribution < -0.4 is 0 Å². The summed E-state index contributed by atoms with van der Waals surface area (Å²) in [4.78, 5) is 15.0. The number of carbonyl (C=O) groups is 1. The molecular formula is C20H26BrNO. The zero-order valence-electron chi connectivity index (χ0n) is 14.3. The summed E-state index contributed by atoms with van der Waals surface area (Å²) < 4.78 is 0. The fourth-order valence-corrected chi connectivity index (χ4v) is 3.58. The Bertz CT molecular complexity index is 571. The first kappa shape index (κ1) is 19.6. The van der Waals surface area contributed by atoms with E-state index in [0.717, 1.165) is 17.7 Å². The molecule has 0 radical (unpaired) electrons. The number of rotatable bonds is 6. The lowest BCUT2D eigenvalue weighted by molar-refractivity contribution is -0.122. The summed E-state index contributed by atoms with van der Waals surface area (Å²) in [5.74, 6) is 0.365. The van der Waals surface area contributed by atoms with Gasteiger partial charge in [0.05, 0.1) is 5.41 Å². The molecule has 0 amide bonds. The van der Waals surface area contributed by atoms with Gasteiger partial charge in [-0.1, -0.05) is 67.6 Å². The number of ketones is 1. The van der Waals surface area contributed by atoms with Crippen molar-refractivity contribution in [2.75, 3.05) is 20.6 Å². The van der Waals surface area contributed by atoms with Gasteiger partial charge >= 0.3 is 0 Å². The Morgan fingerprint density at radius 3 is 1.65 bits per heavy atom. The second-order valence-electron chi connectivity index (χ2n) is 6.26. The number of benzene rings is 2. The molecule has 0 fully saturated rings. The fraction of sp³-hybridized carbons (Fsp3) is 0.350. The molecule has 0 aliphatic carbocycles. The van der Waals surface area contributed by atoms with Crippen LogP contribution in [0.3, 0.4) is 0 Å². The maximum absolute atomic E-state index is 12.9. The molecule has 0 aliphatic rings. The Kier molecular flexibility index (Phi) is 7.17. The van der Waals surface area contributed by atoms with Gasteiger partial charge in [0.1, 0.15) is 5.78 Å². The number of hydrogen-bond acceptors (Lipinski definition) is 2. The van der Waals surface area contributed by atoms with E-state index in [1.807, 2.05) is 36.4 Å². The highest BCUT2D eigenvalue weighted by Crippen LogP contribution is 2.40. The summed E-state index contributed by atoms with van der Waals surface area (Å²) in [6.07, 6.45) is 0. The summed E-state index contributed by atoms with van der Waals surface area (Å²) in [5, 5.41) is 0. The van der Waals surface area contributed by atoms with Gasteiger partial charge in [-0.25, -0.2) is 0 Å². The highest BCUT2D eigenvalue weighted by Gasteiger charge is 2.44. The number of Topliss-reactive ketones (excluding diaryl/α,β-unsaturated/α-hetero) is 1. The van der Waals surface area contributed by atoms with Crippen molar-refractivity contribution in [2.24, 2.45) is 5.92 Å².